The Labute approximate surface area is 123 Å². The predicted octanol–water partition coefficient (Wildman–Crippen LogP) is 2.14. The first-order valence-corrected chi connectivity index (χ1v) is 6.54. The normalized spacial score (nSPS) is 9.81. The molecule has 0 fully saturated rings. The third-order valence-corrected chi connectivity index (χ3v) is 3.09. The number of hydrogen-bond acceptors (Lipinski definition) is 3. The van der Waals surface area contributed by atoms with Gasteiger partial charge in [0.05, 0.1) is 11.4 Å². The Morgan fingerprint density at radius 2 is 1.52 bits per heavy atom. The van der Waals surface area contributed by atoms with Crippen LogP contribution in [0.2, 0.25) is 0 Å². The number of nitrogens with one attached hydrogen (secondary N) is 2. The number of benzene rings is 2. The number of rotatable bonds is 3. The standard InChI is InChI=1S/C16H17N3O2/c1-17-15(20)16(21)18-13-10-6-7-11-14(13)19(2)12-8-4-3-5-9-12/h3-11H,1-2H3,(H,17,20)(H,18,21). The van der Waals surface area contributed by atoms with Crippen LogP contribution in [0.5, 0.6) is 0 Å². The minimum Gasteiger partial charge on any atom is -0.351 e. The average Bonchev–Trinajstić information content (AvgIpc) is 2.54. The van der Waals surface area contributed by atoms with Crippen molar-refractivity contribution in [1.29, 1.82) is 0 Å². The zero-order valence-electron chi connectivity index (χ0n) is 12.0. The predicted molar refractivity (Wildman–Crippen MR) is 83.6 cm³/mol. The van der Waals surface area contributed by atoms with Crippen molar-refractivity contribution in [2.45, 2.75) is 0 Å². The number of carbonyl (C=O) groups excluding carboxylic acids is 2. The lowest BCUT2D eigenvalue weighted by molar-refractivity contribution is -0.135. The lowest BCUT2D eigenvalue weighted by atomic mass is 10.2. The fourth-order valence-corrected chi connectivity index (χ4v) is 1.96. The topological polar surface area (TPSA) is 61.4 Å². The van der Waals surface area contributed by atoms with E-state index in [9.17, 15) is 9.59 Å². The second kappa shape index (κ2) is 6.56. The first-order chi connectivity index (χ1) is 10.1. The molecule has 0 unspecified atom stereocenters. The van der Waals surface area contributed by atoms with Gasteiger partial charge < -0.3 is 15.5 Å². The highest BCUT2D eigenvalue weighted by Crippen LogP contribution is 2.30. The minimum absolute atomic E-state index is 0.581. The SMILES string of the molecule is CNC(=O)C(=O)Nc1ccccc1N(C)c1ccccc1. The summed E-state index contributed by atoms with van der Waals surface area (Å²) < 4.78 is 0. The number of para-hydroxylation sites is 3. The van der Waals surface area contributed by atoms with Gasteiger partial charge in [-0.05, 0) is 24.3 Å². The molecule has 5 nitrogen and oxygen atoms in total. The number of carbonyl (C=O) groups is 2. The number of amides is 2. The van der Waals surface area contributed by atoms with Gasteiger partial charge >= 0.3 is 11.8 Å². The molecular weight excluding hydrogens is 266 g/mol. The van der Waals surface area contributed by atoms with Crippen LogP contribution in [0.4, 0.5) is 17.1 Å². The molecule has 2 aromatic rings. The summed E-state index contributed by atoms with van der Waals surface area (Å²) in [6.45, 7) is 0. The van der Waals surface area contributed by atoms with Gasteiger partial charge in [0.1, 0.15) is 0 Å². The fraction of sp³-hybridized carbons (Fsp3) is 0.125. The van der Waals surface area contributed by atoms with Crippen molar-refractivity contribution in [3.05, 3.63) is 54.6 Å². The largest absolute Gasteiger partial charge is 0.351 e. The highest BCUT2D eigenvalue weighted by molar-refractivity contribution is 6.39. The summed E-state index contributed by atoms with van der Waals surface area (Å²) in [7, 11) is 3.32. The van der Waals surface area contributed by atoms with Gasteiger partial charge in [-0.25, -0.2) is 0 Å². The summed E-state index contributed by atoms with van der Waals surface area (Å²) >= 11 is 0. The fourth-order valence-electron chi connectivity index (χ4n) is 1.96. The molecule has 5 heteroatoms. The van der Waals surface area contributed by atoms with E-state index in [2.05, 4.69) is 10.6 Å². The van der Waals surface area contributed by atoms with E-state index in [1.165, 1.54) is 7.05 Å². The molecule has 0 aromatic heterocycles. The molecule has 0 heterocycles. The Hall–Kier alpha value is -2.82. The molecule has 0 atom stereocenters. The molecule has 0 saturated heterocycles. The summed E-state index contributed by atoms with van der Waals surface area (Å²) in [5, 5.41) is 4.92. The number of anilines is 3. The van der Waals surface area contributed by atoms with Crippen LogP contribution < -0.4 is 15.5 Å². The molecule has 0 saturated carbocycles. The quantitative estimate of drug-likeness (QED) is 0.848. The second-order valence-corrected chi connectivity index (χ2v) is 4.44. The van der Waals surface area contributed by atoms with Crippen molar-refractivity contribution in [2.24, 2.45) is 0 Å². The van der Waals surface area contributed by atoms with Crippen molar-refractivity contribution >= 4 is 28.9 Å². The number of hydrogen-bond donors (Lipinski definition) is 2. The maximum Gasteiger partial charge on any atom is 0.313 e. The van der Waals surface area contributed by atoms with Gasteiger partial charge in [0, 0.05) is 19.8 Å². The molecule has 2 rings (SSSR count). The van der Waals surface area contributed by atoms with Crippen molar-refractivity contribution in [1.82, 2.24) is 5.32 Å². The Morgan fingerprint density at radius 3 is 2.19 bits per heavy atom. The molecule has 0 aliphatic rings. The van der Waals surface area contributed by atoms with Crippen LogP contribution in [-0.2, 0) is 9.59 Å². The van der Waals surface area contributed by atoms with Crippen LogP contribution in [0.25, 0.3) is 0 Å². The Kier molecular flexibility index (Phi) is 4.56. The molecule has 0 radical (unpaired) electrons. The third-order valence-electron chi connectivity index (χ3n) is 3.09. The van der Waals surface area contributed by atoms with E-state index in [4.69, 9.17) is 0 Å². The second-order valence-electron chi connectivity index (χ2n) is 4.44. The maximum absolute atomic E-state index is 11.7. The first kappa shape index (κ1) is 14.6. The Bertz CT molecular complexity index is 641. The Morgan fingerprint density at radius 1 is 0.905 bits per heavy atom. The smallest absolute Gasteiger partial charge is 0.313 e. The van der Waals surface area contributed by atoms with Crippen LogP contribution in [0.1, 0.15) is 0 Å². The zero-order valence-corrected chi connectivity index (χ0v) is 12.0. The Balaban J connectivity index is 2.29. The molecule has 0 aliphatic heterocycles. The highest BCUT2D eigenvalue weighted by atomic mass is 16.2. The van der Waals surface area contributed by atoms with Crippen LogP contribution in [0, 0.1) is 0 Å². The summed E-state index contributed by atoms with van der Waals surface area (Å²) in [6, 6.07) is 17.1. The average molecular weight is 283 g/mol. The van der Waals surface area contributed by atoms with E-state index in [1.807, 2.05) is 60.5 Å². The van der Waals surface area contributed by atoms with Crippen LogP contribution in [0.15, 0.2) is 54.6 Å². The summed E-state index contributed by atoms with van der Waals surface area (Å²) in [4.78, 5) is 25.0. The molecule has 0 spiro atoms. The van der Waals surface area contributed by atoms with E-state index >= 15 is 0 Å². The van der Waals surface area contributed by atoms with E-state index in [1.54, 1.807) is 6.07 Å². The van der Waals surface area contributed by atoms with Crippen molar-refractivity contribution in [3.8, 4) is 0 Å². The van der Waals surface area contributed by atoms with Crippen LogP contribution in [0.3, 0.4) is 0 Å². The van der Waals surface area contributed by atoms with Gasteiger partial charge in [-0.3, -0.25) is 9.59 Å². The molecule has 108 valence electrons. The van der Waals surface area contributed by atoms with E-state index < -0.39 is 11.8 Å². The van der Waals surface area contributed by atoms with E-state index in [0.717, 1.165) is 11.4 Å². The molecule has 2 N–H and O–H groups in total. The third kappa shape index (κ3) is 3.39. The van der Waals surface area contributed by atoms with Crippen molar-refractivity contribution in [3.63, 3.8) is 0 Å². The van der Waals surface area contributed by atoms with E-state index in [-0.39, 0.29) is 0 Å². The molecule has 0 bridgehead atoms. The first-order valence-electron chi connectivity index (χ1n) is 6.54. The molecule has 0 aliphatic carbocycles. The van der Waals surface area contributed by atoms with Gasteiger partial charge in [-0.2, -0.15) is 0 Å². The van der Waals surface area contributed by atoms with Crippen LogP contribution in [-0.4, -0.2) is 25.9 Å². The lowest BCUT2D eigenvalue weighted by Crippen LogP contribution is -2.33. The molecule has 2 amide bonds. The molecular formula is C16H17N3O2. The van der Waals surface area contributed by atoms with Crippen molar-refractivity contribution in [2.75, 3.05) is 24.3 Å². The number of likely N-dealkylation sites (N-methyl/N-ethyl adjacent to an activating group) is 1. The molecule has 2 aromatic carbocycles. The number of nitrogens with zero attached hydrogens (tertiary/aromatic N) is 1. The summed E-state index contributed by atoms with van der Waals surface area (Å²) in [6.07, 6.45) is 0. The van der Waals surface area contributed by atoms with Gasteiger partial charge in [0.2, 0.25) is 0 Å². The van der Waals surface area contributed by atoms with Gasteiger partial charge in [-0.1, -0.05) is 30.3 Å². The zero-order chi connectivity index (χ0) is 15.2. The van der Waals surface area contributed by atoms with Gasteiger partial charge in [-0.15, -0.1) is 0 Å². The summed E-state index contributed by atoms with van der Waals surface area (Å²) in [5.74, 6) is -1.36. The van der Waals surface area contributed by atoms with Gasteiger partial charge in [0.25, 0.3) is 0 Å². The molecule has 21 heavy (non-hydrogen) atoms. The van der Waals surface area contributed by atoms with Crippen molar-refractivity contribution < 1.29 is 9.59 Å². The monoisotopic (exact) mass is 283 g/mol. The maximum atomic E-state index is 11.7. The minimum atomic E-state index is -0.689. The van der Waals surface area contributed by atoms with Crippen LogP contribution >= 0.6 is 0 Å². The summed E-state index contributed by atoms with van der Waals surface area (Å²) in [5.41, 5.74) is 2.37. The van der Waals surface area contributed by atoms with E-state index in [0.29, 0.717) is 5.69 Å². The highest BCUT2D eigenvalue weighted by Gasteiger charge is 2.15. The van der Waals surface area contributed by atoms with Gasteiger partial charge in [0.15, 0.2) is 0 Å². The lowest BCUT2D eigenvalue weighted by Gasteiger charge is -2.22.